The molecule has 5 N–H and O–H groups in total. The Hall–Kier alpha value is -2.40. The van der Waals surface area contributed by atoms with Gasteiger partial charge in [-0.3, -0.25) is 4.98 Å². The van der Waals surface area contributed by atoms with E-state index in [0.717, 1.165) is 51.6 Å². The SMILES string of the molecule is CCCc1nccc2sc(-c3c(C)nc(NCC4(C)CC4)nc3N[C@@H]3C[C@H](C(C)(C)O)[C@@H](O)[C@H]3O)nc12. The topological polar surface area (TPSA) is 136 Å². The molecule has 2 saturated carbocycles. The van der Waals surface area contributed by atoms with E-state index in [1.54, 1.807) is 25.2 Å². The Kier molecular flexibility index (Phi) is 6.89. The Morgan fingerprint density at radius 1 is 1.16 bits per heavy atom. The van der Waals surface area contributed by atoms with Gasteiger partial charge in [0.15, 0.2) is 0 Å². The van der Waals surface area contributed by atoms with Crippen molar-refractivity contribution in [1.29, 1.82) is 0 Å². The molecular weight excluding hydrogens is 488 g/mol. The maximum atomic E-state index is 10.9. The number of nitrogens with one attached hydrogen (secondary N) is 2. The molecule has 0 spiro atoms. The van der Waals surface area contributed by atoms with Gasteiger partial charge in [0.05, 0.1) is 39.4 Å². The Bertz CT molecular complexity index is 1290. The summed E-state index contributed by atoms with van der Waals surface area (Å²) >= 11 is 1.57. The lowest BCUT2D eigenvalue weighted by Gasteiger charge is -2.28. The molecule has 0 aromatic carbocycles. The minimum absolute atomic E-state index is 0.283. The molecule has 4 atom stereocenters. The molecule has 9 nitrogen and oxygen atoms in total. The fraction of sp³-hybridized carbons (Fsp3) is 0.630. The van der Waals surface area contributed by atoms with Gasteiger partial charge < -0.3 is 26.0 Å². The molecule has 37 heavy (non-hydrogen) atoms. The third-order valence-corrected chi connectivity index (χ3v) is 8.90. The molecule has 0 amide bonds. The molecule has 2 aliphatic carbocycles. The van der Waals surface area contributed by atoms with E-state index in [1.807, 2.05) is 19.2 Å². The molecule has 3 aromatic heterocycles. The number of aryl methyl sites for hydroxylation is 2. The van der Waals surface area contributed by atoms with Gasteiger partial charge in [-0.1, -0.05) is 20.3 Å². The lowest BCUT2D eigenvalue weighted by molar-refractivity contribution is -0.0601. The van der Waals surface area contributed by atoms with Crippen molar-refractivity contribution in [3.8, 4) is 10.6 Å². The number of anilines is 2. The van der Waals surface area contributed by atoms with Gasteiger partial charge in [0.1, 0.15) is 22.4 Å². The first-order valence-corrected chi connectivity index (χ1v) is 14.0. The fourth-order valence-corrected chi connectivity index (χ4v) is 6.26. The minimum atomic E-state index is -1.12. The molecule has 0 saturated heterocycles. The van der Waals surface area contributed by atoms with Crippen LogP contribution >= 0.6 is 11.3 Å². The number of aliphatic hydroxyl groups is 3. The van der Waals surface area contributed by atoms with E-state index < -0.39 is 29.8 Å². The number of nitrogens with zero attached hydrogens (tertiary/aromatic N) is 4. The molecule has 3 aromatic rings. The second-order valence-corrected chi connectivity index (χ2v) is 12.7. The van der Waals surface area contributed by atoms with Crippen molar-refractivity contribution in [1.82, 2.24) is 19.9 Å². The smallest absolute Gasteiger partial charge is 0.224 e. The highest BCUT2D eigenvalue weighted by molar-refractivity contribution is 7.21. The van der Waals surface area contributed by atoms with Crippen molar-refractivity contribution in [3.05, 3.63) is 23.7 Å². The van der Waals surface area contributed by atoms with E-state index in [4.69, 9.17) is 15.0 Å². The van der Waals surface area contributed by atoms with Crippen LogP contribution in [0.1, 0.15) is 64.8 Å². The molecular formula is C27H38N6O3S. The predicted octanol–water partition coefficient (Wildman–Crippen LogP) is 3.91. The van der Waals surface area contributed by atoms with E-state index in [1.165, 1.54) is 12.8 Å². The Labute approximate surface area is 221 Å². The molecule has 2 fully saturated rings. The number of hydrogen-bond acceptors (Lipinski definition) is 10. The number of hydrogen-bond donors (Lipinski definition) is 5. The van der Waals surface area contributed by atoms with Crippen LogP contribution in [0.3, 0.4) is 0 Å². The molecule has 3 heterocycles. The zero-order valence-corrected chi connectivity index (χ0v) is 23.1. The molecule has 5 rings (SSSR count). The molecule has 0 unspecified atom stereocenters. The summed E-state index contributed by atoms with van der Waals surface area (Å²) < 4.78 is 1.06. The van der Waals surface area contributed by atoms with Crippen LogP contribution in [0, 0.1) is 18.3 Å². The van der Waals surface area contributed by atoms with Gasteiger partial charge in [0, 0.05) is 18.7 Å². The number of rotatable bonds is 9. The average Bonchev–Trinajstić information content (AvgIpc) is 3.29. The summed E-state index contributed by atoms with van der Waals surface area (Å²) in [5.74, 6) is 0.620. The predicted molar refractivity (Wildman–Crippen MR) is 147 cm³/mol. The van der Waals surface area contributed by atoms with E-state index >= 15 is 0 Å². The van der Waals surface area contributed by atoms with Crippen LogP contribution in [0.15, 0.2) is 12.3 Å². The standard InChI is InChI=1S/C27H38N6O3S/c1-6-7-16-20-18(8-11-28-16)37-24(32-20)19-14(2)30-25(29-13-27(5)9-10-27)33-23(19)31-17-12-15(26(3,4)36)21(34)22(17)35/h8,11,15,17,21-22,34-36H,6-7,9-10,12-13H2,1-5H3,(H2,29,30,31,33)/t15-,17+,21+,22-/m0/s1. The zero-order chi connectivity index (χ0) is 26.5. The van der Waals surface area contributed by atoms with Crippen LogP contribution in [0.5, 0.6) is 0 Å². The summed E-state index contributed by atoms with van der Waals surface area (Å²) in [5, 5.41) is 39.7. The minimum Gasteiger partial charge on any atom is -0.390 e. The number of thiazole rings is 1. The Morgan fingerprint density at radius 3 is 2.57 bits per heavy atom. The quantitative estimate of drug-likeness (QED) is 0.281. The molecule has 200 valence electrons. The van der Waals surface area contributed by atoms with Gasteiger partial charge in [-0.2, -0.15) is 4.98 Å². The lowest BCUT2D eigenvalue weighted by atomic mass is 9.88. The van der Waals surface area contributed by atoms with Crippen molar-refractivity contribution in [3.63, 3.8) is 0 Å². The highest BCUT2D eigenvalue weighted by Crippen LogP contribution is 2.45. The molecule has 10 heteroatoms. The van der Waals surface area contributed by atoms with E-state index in [9.17, 15) is 15.3 Å². The first kappa shape index (κ1) is 26.2. The van der Waals surface area contributed by atoms with Crippen molar-refractivity contribution < 1.29 is 15.3 Å². The van der Waals surface area contributed by atoms with E-state index in [-0.39, 0.29) is 5.41 Å². The summed E-state index contributed by atoms with van der Waals surface area (Å²) in [6.45, 7) is 10.5. The highest BCUT2D eigenvalue weighted by atomic mass is 32.1. The van der Waals surface area contributed by atoms with Crippen LogP contribution in [0.2, 0.25) is 0 Å². The van der Waals surface area contributed by atoms with Gasteiger partial charge >= 0.3 is 0 Å². The number of fused-ring (bicyclic) bond motifs is 1. The first-order chi connectivity index (χ1) is 17.5. The van der Waals surface area contributed by atoms with Crippen LogP contribution in [0.25, 0.3) is 20.8 Å². The van der Waals surface area contributed by atoms with E-state index in [0.29, 0.717) is 18.2 Å². The summed E-state index contributed by atoms with van der Waals surface area (Å²) in [4.78, 5) is 19.1. The third-order valence-electron chi connectivity index (χ3n) is 7.86. The number of aliphatic hydroxyl groups excluding tert-OH is 2. The zero-order valence-electron chi connectivity index (χ0n) is 22.2. The average molecular weight is 527 g/mol. The van der Waals surface area contributed by atoms with Crippen molar-refractivity contribution >= 4 is 33.3 Å². The molecule has 0 bridgehead atoms. The van der Waals surface area contributed by atoms with Crippen LogP contribution in [-0.4, -0.2) is 65.7 Å². The van der Waals surface area contributed by atoms with Crippen molar-refractivity contribution in [2.24, 2.45) is 11.3 Å². The maximum absolute atomic E-state index is 10.9. The first-order valence-electron chi connectivity index (χ1n) is 13.2. The Morgan fingerprint density at radius 2 is 1.92 bits per heavy atom. The van der Waals surface area contributed by atoms with E-state index in [2.05, 4.69) is 29.5 Å². The normalized spacial score (nSPS) is 25.0. The van der Waals surface area contributed by atoms with Gasteiger partial charge in [0.25, 0.3) is 0 Å². The third kappa shape index (κ3) is 5.30. The number of aromatic nitrogens is 4. The Balaban J connectivity index is 1.54. The highest BCUT2D eigenvalue weighted by Gasteiger charge is 2.48. The van der Waals surface area contributed by atoms with Crippen molar-refractivity contribution in [2.75, 3.05) is 17.2 Å². The molecule has 0 aliphatic heterocycles. The van der Waals surface area contributed by atoms with Crippen LogP contribution in [-0.2, 0) is 6.42 Å². The maximum Gasteiger partial charge on any atom is 0.224 e. The second kappa shape index (κ2) is 9.72. The summed E-state index contributed by atoms with van der Waals surface area (Å²) in [5.41, 5.74) is 2.59. The summed E-state index contributed by atoms with van der Waals surface area (Å²) in [6, 6.07) is 1.50. The summed E-state index contributed by atoms with van der Waals surface area (Å²) in [7, 11) is 0. The van der Waals surface area contributed by atoms with Gasteiger partial charge in [-0.15, -0.1) is 11.3 Å². The lowest BCUT2D eigenvalue weighted by Crippen LogP contribution is -2.40. The molecule has 2 aliphatic rings. The largest absolute Gasteiger partial charge is 0.390 e. The summed E-state index contributed by atoms with van der Waals surface area (Å²) in [6.07, 6.45) is 4.36. The monoisotopic (exact) mass is 526 g/mol. The molecule has 0 radical (unpaired) electrons. The second-order valence-electron chi connectivity index (χ2n) is 11.6. The van der Waals surface area contributed by atoms with Gasteiger partial charge in [-0.25, -0.2) is 9.97 Å². The van der Waals surface area contributed by atoms with Gasteiger partial charge in [0.2, 0.25) is 5.95 Å². The number of pyridine rings is 1. The van der Waals surface area contributed by atoms with Crippen molar-refractivity contribution in [2.45, 2.75) is 90.6 Å². The fourth-order valence-electron chi connectivity index (χ4n) is 5.18. The van der Waals surface area contributed by atoms with Crippen LogP contribution < -0.4 is 10.6 Å². The van der Waals surface area contributed by atoms with Gasteiger partial charge in [-0.05, 0) is 57.9 Å². The van der Waals surface area contributed by atoms with Crippen LogP contribution in [0.4, 0.5) is 11.8 Å².